The third-order valence-electron chi connectivity index (χ3n) is 5.87. The molecular weight excluding hydrogens is 484 g/mol. The second kappa shape index (κ2) is 12.2. The highest BCUT2D eigenvalue weighted by molar-refractivity contribution is 5.91. The van der Waals surface area contributed by atoms with Crippen LogP contribution in [0, 0.1) is 35.5 Å². The first-order valence-corrected chi connectivity index (χ1v) is 12.4. The summed E-state index contributed by atoms with van der Waals surface area (Å²) < 4.78 is 10.5. The Morgan fingerprint density at radius 2 is 0.769 bits per heavy atom. The molecule has 0 fully saturated rings. The third kappa shape index (κ3) is 7.05. The molecule has 4 heteroatoms. The van der Waals surface area contributed by atoms with Crippen LogP contribution in [0.2, 0.25) is 0 Å². The maximum Gasteiger partial charge on any atom is 0.317 e. The van der Waals surface area contributed by atoms with Gasteiger partial charge in [-0.2, -0.15) is 0 Å². The summed E-state index contributed by atoms with van der Waals surface area (Å²) in [6, 6.07) is 30.3. The molecule has 4 aromatic rings. The lowest BCUT2D eigenvalue weighted by molar-refractivity contribution is -0.156. The number of ether oxygens (including phenoxy) is 2. The lowest BCUT2D eigenvalue weighted by Crippen LogP contribution is -2.13. The first-order chi connectivity index (χ1) is 19.1. The fourth-order valence-electron chi connectivity index (χ4n) is 3.73. The van der Waals surface area contributed by atoms with Crippen LogP contribution in [0.1, 0.15) is 50.9 Å². The molecule has 186 valence electrons. The van der Waals surface area contributed by atoms with E-state index in [0.717, 1.165) is 44.5 Å². The molecule has 4 bridgehead atoms. The summed E-state index contributed by atoms with van der Waals surface area (Å²) in [7, 11) is 0. The quantitative estimate of drug-likeness (QED) is 0.183. The highest BCUT2D eigenvalue weighted by atomic mass is 16.6. The summed E-state index contributed by atoms with van der Waals surface area (Å²) in [5.41, 5.74) is 6.51. The first kappa shape index (κ1) is 25.2. The van der Waals surface area contributed by atoms with Crippen molar-refractivity contribution in [3.8, 4) is 35.5 Å². The fourth-order valence-corrected chi connectivity index (χ4v) is 3.73. The topological polar surface area (TPSA) is 52.6 Å². The number of hydrogen-bond acceptors (Lipinski definition) is 4. The van der Waals surface area contributed by atoms with Crippen molar-refractivity contribution in [2.75, 3.05) is 0 Å². The minimum absolute atomic E-state index is 0.0578. The largest absolute Gasteiger partial charge is 0.460 e. The highest BCUT2D eigenvalue weighted by Crippen LogP contribution is 2.12. The summed E-state index contributed by atoms with van der Waals surface area (Å²) in [4.78, 5) is 24.2. The van der Waals surface area contributed by atoms with Crippen LogP contribution >= 0.6 is 0 Å². The number of hydrogen-bond donors (Lipinski definition) is 0. The number of esters is 2. The van der Waals surface area contributed by atoms with E-state index < -0.39 is 18.4 Å². The molecule has 0 atom stereocenters. The lowest BCUT2D eigenvalue weighted by Gasteiger charge is -2.07. The number of rotatable bonds is 0. The van der Waals surface area contributed by atoms with E-state index in [1.807, 2.05) is 97.1 Å². The van der Waals surface area contributed by atoms with Gasteiger partial charge < -0.3 is 9.47 Å². The zero-order valence-electron chi connectivity index (χ0n) is 21.0. The van der Waals surface area contributed by atoms with E-state index in [1.54, 1.807) is 0 Å². The van der Waals surface area contributed by atoms with Gasteiger partial charge in [0, 0.05) is 33.4 Å². The molecule has 0 saturated carbocycles. The SMILES string of the molecule is O=C1CC(=O)OCc2ccc(cc2)C#Cc2ccccc2C#Cc2ccccc2C#Cc2ccc(cc2)CO1. The van der Waals surface area contributed by atoms with Crippen LogP contribution in [0.5, 0.6) is 0 Å². The molecule has 4 heterocycles. The molecule has 4 nitrogen and oxygen atoms in total. The molecule has 0 amide bonds. The highest BCUT2D eigenvalue weighted by Gasteiger charge is 2.12. The molecule has 0 radical (unpaired) electrons. The van der Waals surface area contributed by atoms with Gasteiger partial charge in [0.25, 0.3) is 0 Å². The Labute approximate surface area is 227 Å². The number of carbonyl (C=O) groups excluding carboxylic acids is 2. The molecule has 0 N–H and O–H groups in total. The average Bonchev–Trinajstić information content (AvgIpc) is 2.97. The lowest BCUT2D eigenvalue weighted by atomic mass is 10.0. The second-order valence-electron chi connectivity index (χ2n) is 8.73. The van der Waals surface area contributed by atoms with E-state index in [0.29, 0.717) is 0 Å². The first-order valence-electron chi connectivity index (χ1n) is 12.4. The summed E-state index contributed by atoms with van der Waals surface area (Å²) in [5.74, 6) is 18.0. The van der Waals surface area contributed by atoms with E-state index in [9.17, 15) is 9.59 Å². The molecule has 4 aliphatic heterocycles. The van der Waals surface area contributed by atoms with Gasteiger partial charge in [-0.1, -0.05) is 84.1 Å². The molecule has 4 aliphatic rings. The van der Waals surface area contributed by atoms with Gasteiger partial charge in [-0.05, 0) is 59.7 Å². The van der Waals surface area contributed by atoms with Crippen LogP contribution in [0.3, 0.4) is 0 Å². The minimum atomic E-state index is -0.641. The van der Waals surface area contributed by atoms with Crippen molar-refractivity contribution in [1.29, 1.82) is 0 Å². The van der Waals surface area contributed by atoms with Crippen LogP contribution in [0.25, 0.3) is 0 Å². The summed E-state index contributed by atoms with van der Waals surface area (Å²) in [6.07, 6.45) is -0.450. The Morgan fingerprint density at radius 1 is 0.436 bits per heavy atom. The zero-order chi connectivity index (χ0) is 26.9. The molecule has 0 unspecified atom stereocenters. The van der Waals surface area contributed by atoms with Gasteiger partial charge in [0.05, 0.1) is 0 Å². The number of benzene rings is 4. The fraction of sp³-hybridized carbons (Fsp3) is 0.0857. The second-order valence-corrected chi connectivity index (χ2v) is 8.73. The Bertz CT molecular complexity index is 1580. The van der Waals surface area contributed by atoms with Crippen LogP contribution in [0.15, 0.2) is 97.1 Å². The van der Waals surface area contributed by atoms with Gasteiger partial charge in [-0.15, -0.1) is 0 Å². The van der Waals surface area contributed by atoms with E-state index in [1.165, 1.54) is 0 Å². The standard InChI is InChI=1S/C35H22O4/c36-34-23-35(37)39-25-29-15-11-27(12-16-29)18-20-31-6-2-4-8-33(31)22-21-32-7-3-1-5-30(32)19-17-26-9-13-28(14-10-26)24-38-34/h1-16H,23-25H2. The molecule has 8 rings (SSSR count). The summed E-state index contributed by atoms with van der Waals surface area (Å²) in [5, 5.41) is 0. The molecular formula is C35H22O4. The molecule has 0 aliphatic carbocycles. The van der Waals surface area contributed by atoms with Crippen molar-refractivity contribution in [3.05, 3.63) is 142 Å². The predicted molar refractivity (Wildman–Crippen MR) is 148 cm³/mol. The van der Waals surface area contributed by atoms with Crippen LogP contribution in [0.4, 0.5) is 0 Å². The van der Waals surface area contributed by atoms with Crippen LogP contribution < -0.4 is 0 Å². The van der Waals surface area contributed by atoms with Crippen molar-refractivity contribution < 1.29 is 19.1 Å². The normalized spacial score (nSPS) is 12.8. The van der Waals surface area contributed by atoms with E-state index in [-0.39, 0.29) is 13.2 Å². The average molecular weight is 507 g/mol. The van der Waals surface area contributed by atoms with Gasteiger partial charge in [0.15, 0.2) is 0 Å². The van der Waals surface area contributed by atoms with Gasteiger partial charge in [-0.3, -0.25) is 9.59 Å². The minimum Gasteiger partial charge on any atom is -0.460 e. The van der Waals surface area contributed by atoms with Crippen LogP contribution in [-0.4, -0.2) is 11.9 Å². The van der Waals surface area contributed by atoms with Gasteiger partial charge >= 0.3 is 11.9 Å². The van der Waals surface area contributed by atoms with Crippen molar-refractivity contribution in [1.82, 2.24) is 0 Å². The van der Waals surface area contributed by atoms with E-state index >= 15 is 0 Å². The maximum absolute atomic E-state index is 12.1. The summed E-state index contributed by atoms with van der Waals surface area (Å²) in [6.45, 7) is 0.116. The predicted octanol–water partition coefficient (Wildman–Crippen LogP) is 5.38. The van der Waals surface area contributed by atoms with Crippen molar-refractivity contribution >= 4 is 11.9 Å². The molecule has 0 aromatic heterocycles. The Balaban J connectivity index is 1.50. The van der Waals surface area contributed by atoms with Crippen molar-refractivity contribution in [3.63, 3.8) is 0 Å². The van der Waals surface area contributed by atoms with Gasteiger partial charge in [-0.25, -0.2) is 0 Å². The monoisotopic (exact) mass is 506 g/mol. The van der Waals surface area contributed by atoms with Gasteiger partial charge in [0.2, 0.25) is 0 Å². The molecule has 0 spiro atoms. The zero-order valence-corrected chi connectivity index (χ0v) is 21.0. The van der Waals surface area contributed by atoms with Gasteiger partial charge in [0.1, 0.15) is 19.6 Å². The molecule has 0 saturated heterocycles. The van der Waals surface area contributed by atoms with Crippen molar-refractivity contribution in [2.45, 2.75) is 19.6 Å². The smallest absolute Gasteiger partial charge is 0.317 e. The summed E-state index contributed by atoms with van der Waals surface area (Å²) >= 11 is 0. The Hall–Kier alpha value is -5.50. The Morgan fingerprint density at radius 3 is 1.13 bits per heavy atom. The third-order valence-corrected chi connectivity index (χ3v) is 5.87. The van der Waals surface area contributed by atoms with Crippen molar-refractivity contribution in [2.24, 2.45) is 0 Å². The maximum atomic E-state index is 12.1. The molecule has 4 aromatic carbocycles. The Kier molecular flexibility index (Phi) is 7.84. The molecule has 39 heavy (non-hydrogen) atoms. The van der Waals surface area contributed by atoms with E-state index in [2.05, 4.69) is 35.5 Å². The van der Waals surface area contributed by atoms with Crippen LogP contribution in [-0.2, 0) is 32.3 Å². The number of carbonyl (C=O) groups is 2. The van der Waals surface area contributed by atoms with E-state index in [4.69, 9.17) is 9.47 Å².